The summed E-state index contributed by atoms with van der Waals surface area (Å²) in [5.74, 6) is 0.692. The number of aliphatic imine (C=N–C) groups is 2. The highest BCUT2D eigenvalue weighted by molar-refractivity contribution is 6.25. The van der Waals surface area contributed by atoms with Crippen molar-refractivity contribution in [2.45, 2.75) is 6.04 Å². The maximum atomic E-state index is 4.04. The van der Waals surface area contributed by atoms with Crippen molar-refractivity contribution in [1.29, 1.82) is 0 Å². The molecule has 0 fully saturated rings. The molecule has 0 bridgehead atoms. The third-order valence-electron chi connectivity index (χ3n) is 1.15. The van der Waals surface area contributed by atoms with Gasteiger partial charge in [0.05, 0.1) is 6.21 Å². The molecule has 0 spiro atoms. The fraction of sp³-hybridized carbons (Fsp3) is 0.200. The molecule has 4 nitrogen and oxygen atoms in total. The maximum absolute atomic E-state index is 4.04. The predicted molar refractivity (Wildman–Crippen MR) is 36.7 cm³/mol. The van der Waals surface area contributed by atoms with Crippen LogP contribution in [0.25, 0.3) is 0 Å². The predicted octanol–water partition coefficient (Wildman–Crippen LogP) is -0.0919. The molecular formula is C5H4N4. The molecule has 0 radical (unpaired) electrons. The second-order valence-electron chi connectivity index (χ2n) is 1.74. The Morgan fingerprint density at radius 1 is 1.33 bits per heavy atom. The van der Waals surface area contributed by atoms with E-state index in [4.69, 9.17) is 0 Å². The summed E-state index contributed by atoms with van der Waals surface area (Å²) in [5.41, 5.74) is 0. The summed E-state index contributed by atoms with van der Waals surface area (Å²) in [6.45, 7) is 0. The Kier molecular flexibility index (Phi) is 0.798. The largest absolute Gasteiger partial charge is 0.274 e. The molecule has 0 saturated carbocycles. The smallest absolute Gasteiger partial charge is 0.181 e. The number of amidine groups is 1. The van der Waals surface area contributed by atoms with Crippen LogP contribution >= 0.6 is 0 Å². The molecule has 9 heavy (non-hydrogen) atoms. The van der Waals surface area contributed by atoms with E-state index in [0.717, 1.165) is 0 Å². The van der Waals surface area contributed by atoms with Gasteiger partial charge in [-0.1, -0.05) is 0 Å². The zero-order valence-corrected chi connectivity index (χ0v) is 4.60. The normalized spacial score (nSPS) is 28.4. The first-order valence-electron chi connectivity index (χ1n) is 2.64. The third kappa shape index (κ3) is 0.595. The summed E-state index contributed by atoms with van der Waals surface area (Å²) in [5, 5.41) is 7.40. The van der Waals surface area contributed by atoms with Gasteiger partial charge in [0.2, 0.25) is 0 Å². The molecule has 0 unspecified atom stereocenters. The summed E-state index contributed by atoms with van der Waals surface area (Å²) in [6.07, 6.45) is 4.94. The van der Waals surface area contributed by atoms with Crippen molar-refractivity contribution in [3.63, 3.8) is 0 Å². The lowest BCUT2D eigenvalue weighted by molar-refractivity contribution is 1.16. The fourth-order valence-electron chi connectivity index (χ4n) is 0.730. The van der Waals surface area contributed by atoms with Crippen LogP contribution in [0.15, 0.2) is 20.2 Å². The number of hydrogen-bond donors (Lipinski definition) is 0. The van der Waals surface area contributed by atoms with Crippen LogP contribution in [0.3, 0.4) is 0 Å². The van der Waals surface area contributed by atoms with Gasteiger partial charge >= 0.3 is 0 Å². The van der Waals surface area contributed by atoms with E-state index in [-0.39, 0.29) is 6.04 Å². The zero-order valence-electron chi connectivity index (χ0n) is 4.60. The van der Waals surface area contributed by atoms with E-state index in [1.54, 1.807) is 18.6 Å². The van der Waals surface area contributed by atoms with Crippen LogP contribution in [-0.2, 0) is 0 Å². The molecule has 4 heteroatoms. The van der Waals surface area contributed by atoms with Gasteiger partial charge in [-0.25, -0.2) is 4.99 Å². The lowest BCUT2D eigenvalue weighted by Crippen LogP contribution is -2.18. The molecular weight excluding hydrogens is 116 g/mol. The van der Waals surface area contributed by atoms with Crippen LogP contribution in [0.2, 0.25) is 0 Å². The highest BCUT2D eigenvalue weighted by atomic mass is 15.3. The van der Waals surface area contributed by atoms with Crippen molar-refractivity contribution < 1.29 is 0 Å². The SMILES string of the molecule is C1=NN=C2N=CC=N[C@@H]12. The van der Waals surface area contributed by atoms with Gasteiger partial charge in [0.15, 0.2) is 5.84 Å². The molecule has 2 heterocycles. The van der Waals surface area contributed by atoms with Crippen molar-refractivity contribution in [2.24, 2.45) is 20.2 Å². The van der Waals surface area contributed by atoms with Crippen molar-refractivity contribution in [1.82, 2.24) is 0 Å². The third-order valence-corrected chi connectivity index (χ3v) is 1.15. The highest BCUT2D eigenvalue weighted by Gasteiger charge is 2.16. The van der Waals surface area contributed by atoms with Crippen LogP contribution in [0.1, 0.15) is 0 Å². The van der Waals surface area contributed by atoms with Gasteiger partial charge < -0.3 is 0 Å². The minimum Gasteiger partial charge on any atom is -0.274 e. The Labute approximate surface area is 51.7 Å². The van der Waals surface area contributed by atoms with Gasteiger partial charge in [0.25, 0.3) is 0 Å². The first-order valence-corrected chi connectivity index (χ1v) is 2.64. The Balaban J connectivity index is 2.40. The molecule has 0 N–H and O–H groups in total. The van der Waals surface area contributed by atoms with E-state index in [0.29, 0.717) is 5.84 Å². The minimum atomic E-state index is -0.00463. The van der Waals surface area contributed by atoms with Crippen molar-refractivity contribution >= 4 is 24.5 Å². The fourth-order valence-corrected chi connectivity index (χ4v) is 0.730. The second kappa shape index (κ2) is 1.58. The summed E-state index contributed by atoms with van der Waals surface area (Å²) < 4.78 is 0. The lowest BCUT2D eigenvalue weighted by Gasteiger charge is -2.00. The number of fused-ring (bicyclic) bond motifs is 1. The molecule has 1 atom stereocenters. The van der Waals surface area contributed by atoms with Crippen LogP contribution in [0, 0.1) is 0 Å². The summed E-state index contributed by atoms with van der Waals surface area (Å²) in [4.78, 5) is 7.98. The summed E-state index contributed by atoms with van der Waals surface area (Å²) in [6, 6.07) is -0.00463. The molecule has 0 aromatic heterocycles. The average Bonchev–Trinajstić information content (AvgIpc) is 2.33. The van der Waals surface area contributed by atoms with Crippen molar-refractivity contribution in [3.05, 3.63) is 0 Å². The second-order valence-corrected chi connectivity index (χ2v) is 1.74. The van der Waals surface area contributed by atoms with Gasteiger partial charge in [-0.05, 0) is 0 Å². The quantitative estimate of drug-likeness (QED) is 0.429. The van der Waals surface area contributed by atoms with E-state index < -0.39 is 0 Å². The molecule has 0 amide bonds. The van der Waals surface area contributed by atoms with Gasteiger partial charge in [-0.2, -0.15) is 5.10 Å². The molecule has 0 aliphatic carbocycles. The molecule has 2 aliphatic rings. The summed E-state index contributed by atoms with van der Waals surface area (Å²) >= 11 is 0. The molecule has 0 aromatic carbocycles. The Hall–Kier alpha value is -1.32. The standard InChI is InChI=1S/C5H4N4/c1-2-7-5-4(6-1)3-8-9-5/h1-4H/t4-/m0/s1. The van der Waals surface area contributed by atoms with Gasteiger partial charge in [0.1, 0.15) is 6.04 Å². The van der Waals surface area contributed by atoms with Crippen LogP contribution in [-0.4, -0.2) is 30.5 Å². The minimum absolute atomic E-state index is 0.00463. The van der Waals surface area contributed by atoms with Crippen LogP contribution < -0.4 is 0 Å². The van der Waals surface area contributed by atoms with Crippen LogP contribution in [0.4, 0.5) is 0 Å². The van der Waals surface area contributed by atoms with E-state index in [2.05, 4.69) is 20.2 Å². The number of rotatable bonds is 0. The van der Waals surface area contributed by atoms with E-state index >= 15 is 0 Å². The van der Waals surface area contributed by atoms with Crippen molar-refractivity contribution in [3.8, 4) is 0 Å². The Morgan fingerprint density at radius 3 is 3.22 bits per heavy atom. The molecule has 0 saturated heterocycles. The lowest BCUT2D eigenvalue weighted by atomic mass is 10.3. The van der Waals surface area contributed by atoms with Gasteiger partial charge in [-0.15, -0.1) is 5.10 Å². The Bertz CT molecular complexity index is 235. The Morgan fingerprint density at radius 2 is 2.33 bits per heavy atom. The van der Waals surface area contributed by atoms with Crippen molar-refractivity contribution in [2.75, 3.05) is 0 Å². The van der Waals surface area contributed by atoms with Gasteiger partial charge in [0, 0.05) is 12.4 Å². The average molecular weight is 120 g/mol. The monoisotopic (exact) mass is 120 g/mol. The van der Waals surface area contributed by atoms with E-state index in [1.807, 2.05) is 0 Å². The molecule has 2 rings (SSSR count). The number of hydrogen-bond acceptors (Lipinski definition) is 4. The maximum Gasteiger partial charge on any atom is 0.181 e. The molecule has 0 aromatic rings. The zero-order chi connectivity index (χ0) is 6.10. The topological polar surface area (TPSA) is 49.4 Å². The summed E-state index contributed by atoms with van der Waals surface area (Å²) in [7, 11) is 0. The van der Waals surface area contributed by atoms with E-state index in [9.17, 15) is 0 Å². The molecule has 2 aliphatic heterocycles. The van der Waals surface area contributed by atoms with E-state index in [1.165, 1.54) is 0 Å². The van der Waals surface area contributed by atoms with Gasteiger partial charge in [-0.3, -0.25) is 4.99 Å². The molecule has 44 valence electrons. The van der Waals surface area contributed by atoms with Crippen LogP contribution in [0.5, 0.6) is 0 Å². The first-order chi connectivity index (χ1) is 4.47. The first kappa shape index (κ1) is 4.55. The highest BCUT2D eigenvalue weighted by Crippen LogP contribution is 2.03. The number of nitrogens with zero attached hydrogens (tertiary/aromatic N) is 4.